The maximum Gasteiger partial charge on any atom is 0.312 e. The van der Waals surface area contributed by atoms with Gasteiger partial charge in [0, 0.05) is 5.92 Å². The molecule has 7 atom stereocenters. The zero-order valence-electron chi connectivity index (χ0n) is 20.4. The second kappa shape index (κ2) is 10.7. The van der Waals surface area contributed by atoms with E-state index < -0.39 is 0 Å². The SMILES string of the molecule is CCC1CC(CC)C(C(=O)OC2(C)CCCC2)C1.CCC1OC(CC)C2C(=O)OCC12. The Labute approximate surface area is 189 Å². The zero-order chi connectivity index (χ0) is 22.6. The molecule has 5 nitrogen and oxygen atoms in total. The van der Waals surface area contributed by atoms with Gasteiger partial charge in [0.2, 0.25) is 0 Å². The van der Waals surface area contributed by atoms with Gasteiger partial charge in [0.25, 0.3) is 0 Å². The first kappa shape index (κ1) is 24.5. The van der Waals surface area contributed by atoms with Crippen molar-refractivity contribution in [1.82, 2.24) is 0 Å². The minimum Gasteiger partial charge on any atom is -0.465 e. The van der Waals surface area contributed by atoms with Crippen LogP contribution >= 0.6 is 0 Å². The third-order valence-corrected chi connectivity index (χ3v) is 8.39. The van der Waals surface area contributed by atoms with Crippen molar-refractivity contribution in [1.29, 1.82) is 0 Å². The highest BCUT2D eigenvalue weighted by Crippen LogP contribution is 2.43. The summed E-state index contributed by atoms with van der Waals surface area (Å²) in [4.78, 5) is 23.8. The minimum atomic E-state index is -0.153. The number of esters is 2. The molecule has 178 valence electrons. The van der Waals surface area contributed by atoms with E-state index >= 15 is 0 Å². The minimum absolute atomic E-state index is 0.0231. The van der Waals surface area contributed by atoms with Crippen molar-refractivity contribution in [2.24, 2.45) is 29.6 Å². The Balaban J connectivity index is 0.000000185. The van der Waals surface area contributed by atoms with Gasteiger partial charge in [-0.25, -0.2) is 0 Å². The number of carbonyl (C=O) groups excluding carboxylic acids is 2. The Bertz CT molecular complexity index is 611. The number of rotatable bonds is 6. The van der Waals surface area contributed by atoms with E-state index in [1.807, 2.05) is 0 Å². The van der Waals surface area contributed by atoms with Gasteiger partial charge < -0.3 is 14.2 Å². The van der Waals surface area contributed by atoms with E-state index in [1.54, 1.807) is 0 Å². The van der Waals surface area contributed by atoms with Gasteiger partial charge in [0.15, 0.2) is 0 Å². The third-order valence-electron chi connectivity index (χ3n) is 8.39. The monoisotopic (exact) mass is 436 g/mol. The molecule has 2 aliphatic carbocycles. The third kappa shape index (κ3) is 5.46. The van der Waals surface area contributed by atoms with Gasteiger partial charge in [-0.2, -0.15) is 0 Å². The van der Waals surface area contributed by atoms with Crippen LogP contribution in [0, 0.1) is 29.6 Å². The molecule has 0 spiro atoms. The van der Waals surface area contributed by atoms with Crippen molar-refractivity contribution >= 4 is 11.9 Å². The van der Waals surface area contributed by atoms with Crippen molar-refractivity contribution in [3.63, 3.8) is 0 Å². The van der Waals surface area contributed by atoms with Crippen molar-refractivity contribution < 1.29 is 23.8 Å². The second-order valence-electron chi connectivity index (χ2n) is 10.4. The normalized spacial score (nSPS) is 38.4. The first-order valence-electron chi connectivity index (χ1n) is 12.9. The van der Waals surface area contributed by atoms with E-state index in [-0.39, 0.29) is 41.6 Å². The molecular weight excluding hydrogens is 392 g/mol. The molecule has 2 aliphatic heterocycles. The van der Waals surface area contributed by atoms with Crippen LogP contribution in [0.4, 0.5) is 0 Å². The highest BCUT2D eigenvalue weighted by atomic mass is 16.6. The summed E-state index contributed by atoms with van der Waals surface area (Å²) in [6, 6.07) is 0. The number of carbonyl (C=O) groups is 2. The van der Waals surface area contributed by atoms with Crippen LogP contribution in [0.15, 0.2) is 0 Å². The van der Waals surface area contributed by atoms with E-state index in [0.717, 1.165) is 44.4 Å². The Morgan fingerprint density at radius 1 is 1.00 bits per heavy atom. The van der Waals surface area contributed by atoms with Gasteiger partial charge in [-0.15, -0.1) is 0 Å². The molecule has 4 aliphatic rings. The molecule has 0 aromatic rings. The lowest BCUT2D eigenvalue weighted by Gasteiger charge is -2.27. The van der Waals surface area contributed by atoms with Crippen LogP contribution in [0.5, 0.6) is 0 Å². The van der Waals surface area contributed by atoms with Gasteiger partial charge >= 0.3 is 11.9 Å². The molecular formula is C26H44O5. The maximum atomic E-state index is 12.4. The number of ether oxygens (including phenoxy) is 3. The van der Waals surface area contributed by atoms with Crippen molar-refractivity contribution in [2.75, 3.05) is 6.61 Å². The Morgan fingerprint density at radius 3 is 2.26 bits per heavy atom. The summed E-state index contributed by atoms with van der Waals surface area (Å²) in [5, 5.41) is 0. The second-order valence-corrected chi connectivity index (χ2v) is 10.4. The summed E-state index contributed by atoms with van der Waals surface area (Å²) in [6.07, 6.45) is 11.4. The van der Waals surface area contributed by atoms with Crippen LogP contribution in [0.25, 0.3) is 0 Å². The van der Waals surface area contributed by atoms with Crippen LogP contribution < -0.4 is 0 Å². The lowest BCUT2D eigenvalue weighted by Crippen LogP contribution is -2.33. The number of hydrogen-bond donors (Lipinski definition) is 0. The fourth-order valence-corrected chi connectivity index (χ4v) is 6.34. The van der Waals surface area contributed by atoms with Gasteiger partial charge in [-0.3, -0.25) is 9.59 Å². The topological polar surface area (TPSA) is 61.8 Å². The Morgan fingerprint density at radius 2 is 1.68 bits per heavy atom. The van der Waals surface area contributed by atoms with Gasteiger partial charge in [-0.05, 0) is 70.1 Å². The molecule has 2 saturated carbocycles. The quantitative estimate of drug-likeness (QED) is 0.501. The molecule has 2 saturated heterocycles. The lowest BCUT2D eigenvalue weighted by molar-refractivity contribution is -0.164. The fraction of sp³-hybridized carbons (Fsp3) is 0.923. The van der Waals surface area contributed by atoms with Crippen molar-refractivity contribution in [2.45, 2.75) is 117 Å². The maximum absolute atomic E-state index is 12.4. The summed E-state index contributed by atoms with van der Waals surface area (Å²) in [6.45, 7) is 11.3. The highest BCUT2D eigenvalue weighted by molar-refractivity contribution is 5.76. The van der Waals surface area contributed by atoms with Crippen LogP contribution in [0.3, 0.4) is 0 Å². The average molecular weight is 437 g/mol. The Hall–Kier alpha value is -1.10. The molecule has 0 aromatic heterocycles. The van der Waals surface area contributed by atoms with E-state index in [0.29, 0.717) is 18.4 Å². The molecule has 0 bridgehead atoms. The zero-order valence-corrected chi connectivity index (χ0v) is 20.4. The van der Waals surface area contributed by atoms with Gasteiger partial charge in [0.1, 0.15) is 5.60 Å². The van der Waals surface area contributed by atoms with E-state index in [1.165, 1.54) is 25.7 Å². The molecule has 0 amide bonds. The fourth-order valence-electron chi connectivity index (χ4n) is 6.34. The molecule has 4 fully saturated rings. The molecule has 0 aromatic carbocycles. The molecule has 4 rings (SSSR count). The number of fused-ring (bicyclic) bond motifs is 1. The van der Waals surface area contributed by atoms with Crippen molar-refractivity contribution in [3.8, 4) is 0 Å². The van der Waals surface area contributed by atoms with Crippen LogP contribution in [0.1, 0.15) is 98.8 Å². The van der Waals surface area contributed by atoms with Gasteiger partial charge in [0.05, 0.1) is 30.7 Å². The lowest BCUT2D eigenvalue weighted by atomic mass is 9.88. The van der Waals surface area contributed by atoms with Gasteiger partial charge in [-0.1, -0.05) is 40.5 Å². The summed E-state index contributed by atoms with van der Waals surface area (Å²) in [5.74, 6) is 1.88. The predicted molar refractivity (Wildman–Crippen MR) is 120 cm³/mol. The molecule has 0 N–H and O–H groups in total. The molecule has 5 heteroatoms. The van der Waals surface area contributed by atoms with Crippen molar-refractivity contribution in [3.05, 3.63) is 0 Å². The largest absolute Gasteiger partial charge is 0.465 e. The van der Waals surface area contributed by atoms with E-state index in [4.69, 9.17) is 14.2 Å². The van der Waals surface area contributed by atoms with E-state index in [2.05, 4.69) is 34.6 Å². The molecule has 31 heavy (non-hydrogen) atoms. The van der Waals surface area contributed by atoms with Crippen LogP contribution in [-0.4, -0.2) is 36.4 Å². The molecule has 7 unspecified atom stereocenters. The molecule has 0 radical (unpaired) electrons. The van der Waals surface area contributed by atoms with E-state index in [9.17, 15) is 9.59 Å². The summed E-state index contributed by atoms with van der Waals surface area (Å²) in [5.41, 5.74) is -0.153. The smallest absolute Gasteiger partial charge is 0.312 e. The number of hydrogen-bond acceptors (Lipinski definition) is 5. The first-order valence-corrected chi connectivity index (χ1v) is 12.9. The highest BCUT2D eigenvalue weighted by Gasteiger charge is 2.51. The summed E-state index contributed by atoms with van der Waals surface area (Å²) in [7, 11) is 0. The average Bonchev–Trinajstić information content (AvgIpc) is 3.53. The standard InChI is InChI=1S/C16H28O2.C10H16O3/c1-4-12-10-13(5-2)14(11-12)15(17)18-16(3)8-6-7-9-16;1-3-7-6-5-12-10(11)9(6)8(4-2)13-7/h12-14H,4-11H2,1-3H3;6-9H,3-5H2,1-2H3. The van der Waals surface area contributed by atoms with Crippen LogP contribution in [-0.2, 0) is 23.8 Å². The number of cyclic esters (lactones) is 1. The summed E-state index contributed by atoms with van der Waals surface area (Å²) >= 11 is 0. The Kier molecular flexibility index (Phi) is 8.45. The molecule has 2 heterocycles. The predicted octanol–water partition coefficient (Wildman–Crippen LogP) is 5.69. The van der Waals surface area contributed by atoms with Crippen LogP contribution in [0.2, 0.25) is 0 Å². The first-order chi connectivity index (χ1) is 14.9. The summed E-state index contributed by atoms with van der Waals surface area (Å²) < 4.78 is 16.7.